The van der Waals surface area contributed by atoms with Crippen LogP contribution < -0.4 is 15.5 Å². The first kappa shape index (κ1) is 15.8. The van der Waals surface area contributed by atoms with E-state index in [0.29, 0.717) is 18.9 Å². The Morgan fingerprint density at radius 1 is 1.29 bits per heavy atom. The molecule has 1 aromatic carbocycles. The molecule has 4 nitrogen and oxygen atoms in total. The summed E-state index contributed by atoms with van der Waals surface area (Å²) in [5.74, 6) is 0.883. The number of amides is 1. The van der Waals surface area contributed by atoms with Gasteiger partial charge in [-0.1, -0.05) is 18.2 Å². The van der Waals surface area contributed by atoms with E-state index in [1.807, 2.05) is 26.2 Å². The number of nitrogens with zero attached hydrogens (tertiary/aromatic N) is 1. The van der Waals surface area contributed by atoms with E-state index in [9.17, 15) is 4.79 Å². The maximum absolute atomic E-state index is 12.0. The molecule has 0 saturated carbocycles. The summed E-state index contributed by atoms with van der Waals surface area (Å²) < 4.78 is 0. The highest BCUT2D eigenvalue weighted by molar-refractivity contribution is 5.76. The number of piperidine rings is 1. The van der Waals surface area contributed by atoms with Gasteiger partial charge >= 0.3 is 0 Å². The molecule has 4 heteroatoms. The third-order valence-corrected chi connectivity index (χ3v) is 4.19. The van der Waals surface area contributed by atoms with Crippen LogP contribution in [0, 0.1) is 5.92 Å². The second kappa shape index (κ2) is 8.03. The summed E-state index contributed by atoms with van der Waals surface area (Å²) in [5.41, 5.74) is 2.33. The van der Waals surface area contributed by atoms with Crippen LogP contribution >= 0.6 is 0 Å². The topological polar surface area (TPSA) is 44.4 Å². The van der Waals surface area contributed by atoms with Gasteiger partial charge in [0.2, 0.25) is 5.91 Å². The first-order chi connectivity index (χ1) is 10.2. The van der Waals surface area contributed by atoms with Crippen LogP contribution in [0.15, 0.2) is 24.3 Å². The number of hydrogen-bond donors (Lipinski definition) is 2. The third kappa shape index (κ3) is 5.05. The molecule has 21 heavy (non-hydrogen) atoms. The number of para-hydroxylation sites is 1. The highest BCUT2D eigenvalue weighted by atomic mass is 16.1. The van der Waals surface area contributed by atoms with Gasteiger partial charge in [-0.15, -0.1) is 0 Å². The van der Waals surface area contributed by atoms with Crippen molar-refractivity contribution in [1.82, 2.24) is 10.6 Å². The zero-order valence-electron chi connectivity index (χ0n) is 13.2. The molecule has 2 rings (SSSR count). The molecule has 1 aliphatic rings. The highest BCUT2D eigenvalue weighted by Gasteiger charge is 2.14. The molecule has 0 aliphatic carbocycles. The molecule has 116 valence electrons. The second-order valence-corrected chi connectivity index (χ2v) is 6.03. The Balaban J connectivity index is 1.76. The van der Waals surface area contributed by atoms with Crippen LogP contribution in [0.1, 0.15) is 31.2 Å². The number of nitrogens with one attached hydrogen (secondary N) is 2. The van der Waals surface area contributed by atoms with Gasteiger partial charge in [0.25, 0.3) is 0 Å². The summed E-state index contributed by atoms with van der Waals surface area (Å²) in [4.78, 5) is 14.1. The summed E-state index contributed by atoms with van der Waals surface area (Å²) in [5, 5.41) is 6.41. The first-order valence-electron chi connectivity index (χ1n) is 7.89. The van der Waals surface area contributed by atoms with E-state index in [-0.39, 0.29) is 5.91 Å². The number of rotatable bonds is 6. The summed E-state index contributed by atoms with van der Waals surface area (Å²) >= 11 is 0. The fourth-order valence-corrected chi connectivity index (χ4v) is 2.88. The average Bonchev–Trinajstić information content (AvgIpc) is 2.52. The zero-order chi connectivity index (χ0) is 15.1. The van der Waals surface area contributed by atoms with Crippen LogP contribution in [0.2, 0.25) is 0 Å². The fraction of sp³-hybridized carbons (Fsp3) is 0.588. The average molecular weight is 289 g/mol. The van der Waals surface area contributed by atoms with Crippen LogP contribution in [0.3, 0.4) is 0 Å². The normalized spacial score (nSPS) is 15.7. The fourth-order valence-electron chi connectivity index (χ4n) is 2.88. The van der Waals surface area contributed by atoms with Crippen molar-refractivity contribution in [1.29, 1.82) is 0 Å². The molecule has 1 saturated heterocycles. The largest absolute Gasteiger partial charge is 0.377 e. The van der Waals surface area contributed by atoms with Crippen molar-refractivity contribution in [2.45, 2.75) is 32.2 Å². The zero-order valence-corrected chi connectivity index (χ0v) is 13.2. The molecule has 1 aliphatic heterocycles. The van der Waals surface area contributed by atoms with Crippen molar-refractivity contribution >= 4 is 11.6 Å². The lowest BCUT2D eigenvalue weighted by Gasteiger charge is -2.22. The standard InChI is InChI=1S/C17H27N3O/c1-20(2)16-6-4-3-5-15(16)13-19-17(21)8-7-14-9-11-18-12-10-14/h3-6,14,18H,7-13H2,1-2H3,(H,19,21). The summed E-state index contributed by atoms with van der Waals surface area (Å²) in [6.45, 7) is 2.81. The lowest BCUT2D eigenvalue weighted by molar-refractivity contribution is -0.121. The minimum absolute atomic E-state index is 0.169. The molecule has 0 aromatic heterocycles. The number of carbonyl (C=O) groups excluding carboxylic acids is 1. The van der Waals surface area contributed by atoms with Gasteiger partial charge in [0.05, 0.1) is 0 Å². The van der Waals surface area contributed by atoms with Crippen LogP contribution in [0.25, 0.3) is 0 Å². The third-order valence-electron chi connectivity index (χ3n) is 4.19. The minimum Gasteiger partial charge on any atom is -0.377 e. The van der Waals surface area contributed by atoms with Gasteiger partial charge in [-0.3, -0.25) is 4.79 Å². The minimum atomic E-state index is 0.169. The molecule has 1 heterocycles. The lowest BCUT2D eigenvalue weighted by atomic mass is 9.93. The van der Waals surface area contributed by atoms with Gasteiger partial charge < -0.3 is 15.5 Å². The Morgan fingerprint density at radius 3 is 2.71 bits per heavy atom. The second-order valence-electron chi connectivity index (χ2n) is 6.03. The van der Waals surface area contributed by atoms with Gasteiger partial charge in [-0.2, -0.15) is 0 Å². The monoisotopic (exact) mass is 289 g/mol. The summed E-state index contributed by atoms with van der Waals surface area (Å²) in [6.07, 6.45) is 4.07. The van der Waals surface area contributed by atoms with Gasteiger partial charge in [0, 0.05) is 32.7 Å². The summed E-state index contributed by atoms with van der Waals surface area (Å²) in [7, 11) is 4.05. The van der Waals surface area contributed by atoms with E-state index in [4.69, 9.17) is 0 Å². The Morgan fingerprint density at radius 2 is 2.00 bits per heavy atom. The maximum Gasteiger partial charge on any atom is 0.220 e. The number of benzene rings is 1. The smallest absolute Gasteiger partial charge is 0.220 e. The van der Waals surface area contributed by atoms with E-state index < -0.39 is 0 Å². The van der Waals surface area contributed by atoms with Gasteiger partial charge in [-0.25, -0.2) is 0 Å². The molecule has 0 spiro atoms. The van der Waals surface area contributed by atoms with Crippen molar-refractivity contribution in [3.8, 4) is 0 Å². The molecular formula is C17H27N3O. The van der Waals surface area contributed by atoms with E-state index in [1.54, 1.807) is 0 Å². The maximum atomic E-state index is 12.0. The van der Waals surface area contributed by atoms with Gasteiger partial charge in [0.1, 0.15) is 0 Å². The van der Waals surface area contributed by atoms with Crippen molar-refractivity contribution in [3.63, 3.8) is 0 Å². The Kier molecular flexibility index (Phi) is 6.05. The molecule has 0 unspecified atom stereocenters. The SMILES string of the molecule is CN(C)c1ccccc1CNC(=O)CCC1CCNCC1. The highest BCUT2D eigenvalue weighted by Crippen LogP contribution is 2.19. The predicted molar refractivity (Wildman–Crippen MR) is 87.4 cm³/mol. The molecule has 0 atom stereocenters. The van der Waals surface area contributed by atoms with Crippen LogP contribution in [-0.4, -0.2) is 33.1 Å². The summed E-state index contributed by atoms with van der Waals surface area (Å²) in [6, 6.07) is 8.19. The number of anilines is 1. The molecule has 2 N–H and O–H groups in total. The van der Waals surface area contributed by atoms with Gasteiger partial charge in [-0.05, 0) is 49.9 Å². The van der Waals surface area contributed by atoms with E-state index in [1.165, 1.54) is 12.8 Å². The number of hydrogen-bond acceptors (Lipinski definition) is 3. The molecule has 0 bridgehead atoms. The van der Waals surface area contributed by atoms with Gasteiger partial charge in [0.15, 0.2) is 0 Å². The predicted octanol–water partition coefficient (Wildman–Crippen LogP) is 2.15. The Hall–Kier alpha value is -1.55. The van der Waals surface area contributed by atoms with E-state index in [0.717, 1.165) is 30.8 Å². The first-order valence-corrected chi connectivity index (χ1v) is 7.89. The lowest BCUT2D eigenvalue weighted by Crippen LogP contribution is -2.29. The van der Waals surface area contributed by atoms with Crippen molar-refractivity contribution < 1.29 is 4.79 Å². The quantitative estimate of drug-likeness (QED) is 0.843. The van der Waals surface area contributed by atoms with E-state index in [2.05, 4.69) is 27.7 Å². The van der Waals surface area contributed by atoms with E-state index >= 15 is 0 Å². The molecular weight excluding hydrogens is 262 g/mol. The molecule has 1 aromatic rings. The van der Waals surface area contributed by atoms with Crippen LogP contribution in [0.5, 0.6) is 0 Å². The Labute approximate surface area is 127 Å². The van der Waals surface area contributed by atoms with Crippen LogP contribution in [-0.2, 0) is 11.3 Å². The molecule has 0 radical (unpaired) electrons. The Bertz CT molecular complexity index is 453. The molecule has 1 amide bonds. The number of carbonyl (C=O) groups is 1. The van der Waals surface area contributed by atoms with Crippen molar-refractivity contribution in [2.24, 2.45) is 5.92 Å². The van der Waals surface area contributed by atoms with Crippen molar-refractivity contribution in [3.05, 3.63) is 29.8 Å². The van der Waals surface area contributed by atoms with Crippen LogP contribution in [0.4, 0.5) is 5.69 Å². The molecule has 1 fully saturated rings. The van der Waals surface area contributed by atoms with Crippen molar-refractivity contribution in [2.75, 3.05) is 32.1 Å².